The van der Waals surface area contributed by atoms with E-state index < -0.39 is 5.97 Å². The zero-order valence-corrected chi connectivity index (χ0v) is 5.78. The first-order valence-corrected chi connectivity index (χ1v) is 3.93. The van der Waals surface area contributed by atoms with Crippen LogP contribution in [0.2, 0.25) is 0 Å². The summed E-state index contributed by atoms with van der Waals surface area (Å²) in [4.78, 5) is 10.3. The topological polar surface area (TPSA) is 49.3 Å². The van der Waals surface area contributed by atoms with Crippen molar-refractivity contribution in [2.75, 3.05) is 12.3 Å². The van der Waals surface area contributed by atoms with Gasteiger partial charge in [0.25, 0.3) is 0 Å². The van der Waals surface area contributed by atoms with E-state index in [0.717, 1.165) is 18.7 Å². The lowest BCUT2D eigenvalue weighted by atomic mass is 10.4. The molecule has 0 aromatic rings. The van der Waals surface area contributed by atoms with Crippen molar-refractivity contribution < 1.29 is 9.90 Å². The van der Waals surface area contributed by atoms with Crippen molar-refractivity contribution in [1.82, 2.24) is 5.32 Å². The molecular weight excluding hydrogens is 138 g/mol. The van der Waals surface area contributed by atoms with E-state index in [9.17, 15) is 4.79 Å². The SMILES string of the molecule is O=C(O)[C@H]1NCCCS1. The molecule has 0 aliphatic carbocycles. The number of hydrogen-bond acceptors (Lipinski definition) is 3. The third-order valence-electron chi connectivity index (χ3n) is 1.16. The summed E-state index contributed by atoms with van der Waals surface area (Å²) in [6, 6.07) is 0. The first-order chi connectivity index (χ1) is 4.30. The smallest absolute Gasteiger partial charge is 0.331 e. The second-order valence-corrected chi connectivity index (χ2v) is 3.11. The molecule has 52 valence electrons. The number of carboxylic acid groups (broad SMARTS) is 1. The summed E-state index contributed by atoms with van der Waals surface area (Å²) in [7, 11) is 0. The first kappa shape index (κ1) is 6.89. The van der Waals surface area contributed by atoms with Crippen molar-refractivity contribution >= 4 is 17.7 Å². The molecule has 0 radical (unpaired) electrons. The Labute approximate surface area is 57.8 Å². The predicted molar refractivity (Wildman–Crippen MR) is 36.5 cm³/mol. The lowest BCUT2D eigenvalue weighted by Crippen LogP contribution is -2.38. The zero-order chi connectivity index (χ0) is 6.69. The van der Waals surface area contributed by atoms with Crippen molar-refractivity contribution in [2.45, 2.75) is 11.8 Å². The summed E-state index contributed by atoms with van der Waals surface area (Å²) in [5.74, 6) is 0.212. The van der Waals surface area contributed by atoms with Gasteiger partial charge in [0.05, 0.1) is 0 Å². The monoisotopic (exact) mass is 147 g/mol. The highest BCUT2D eigenvalue weighted by molar-refractivity contribution is 8.00. The van der Waals surface area contributed by atoms with Crippen LogP contribution in [-0.4, -0.2) is 28.7 Å². The van der Waals surface area contributed by atoms with Gasteiger partial charge < -0.3 is 5.11 Å². The molecule has 0 saturated carbocycles. The summed E-state index contributed by atoms with van der Waals surface area (Å²) in [6.07, 6.45) is 1.08. The van der Waals surface area contributed by atoms with E-state index >= 15 is 0 Å². The molecule has 1 aliphatic heterocycles. The maximum atomic E-state index is 10.3. The van der Waals surface area contributed by atoms with Crippen LogP contribution >= 0.6 is 11.8 Å². The minimum absolute atomic E-state index is 0.362. The molecule has 4 heteroatoms. The van der Waals surface area contributed by atoms with Gasteiger partial charge in [-0.05, 0) is 18.7 Å². The predicted octanol–water partition coefficient (Wildman–Crippen LogP) is 0.124. The van der Waals surface area contributed by atoms with E-state index in [1.807, 2.05) is 0 Å². The number of thioether (sulfide) groups is 1. The van der Waals surface area contributed by atoms with Crippen molar-refractivity contribution in [3.63, 3.8) is 0 Å². The van der Waals surface area contributed by atoms with Gasteiger partial charge in [0.15, 0.2) is 5.37 Å². The van der Waals surface area contributed by atoms with Gasteiger partial charge >= 0.3 is 5.97 Å². The molecule has 1 rings (SSSR count). The highest BCUT2D eigenvalue weighted by Crippen LogP contribution is 2.13. The Bertz CT molecular complexity index is 112. The molecule has 0 bridgehead atoms. The van der Waals surface area contributed by atoms with Crippen LogP contribution in [0.25, 0.3) is 0 Å². The average Bonchev–Trinajstić information content (AvgIpc) is 1.90. The molecule has 1 saturated heterocycles. The normalized spacial score (nSPS) is 27.8. The van der Waals surface area contributed by atoms with E-state index in [1.165, 1.54) is 11.8 Å². The van der Waals surface area contributed by atoms with E-state index in [4.69, 9.17) is 5.11 Å². The molecule has 0 spiro atoms. The van der Waals surface area contributed by atoms with E-state index in [-0.39, 0.29) is 5.37 Å². The summed E-state index contributed by atoms with van der Waals surface area (Å²) in [5.41, 5.74) is 0. The van der Waals surface area contributed by atoms with Gasteiger partial charge in [-0.1, -0.05) is 0 Å². The van der Waals surface area contributed by atoms with Gasteiger partial charge in [-0.2, -0.15) is 0 Å². The van der Waals surface area contributed by atoms with E-state index in [0.29, 0.717) is 0 Å². The Balaban J connectivity index is 2.31. The summed E-state index contributed by atoms with van der Waals surface area (Å²) < 4.78 is 0. The molecule has 9 heavy (non-hydrogen) atoms. The number of carbonyl (C=O) groups is 1. The van der Waals surface area contributed by atoms with Crippen LogP contribution in [0, 0.1) is 0 Å². The number of rotatable bonds is 1. The third-order valence-corrected chi connectivity index (χ3v) is 2.39. The van der Waals surface area contributed by atoms with E-state index in [1.54, 1.807) is 0 Å². The summed E-state index contributed by atoms with van der Waals surface area (Å²) in [5, 5.41) is 11.0. The Kier molecular flexibility index (Phi) is 2.36. The molecule has 2 N–H and O–H groups in total. The third kappa shape index (κ3) is 1.87. The molecule has 0 aromatic heterocycles. The van der Waals surface area contributed by atoms with Crippen molar-refractivity contribution in [1.29, 1.82) is 0 Å². The largest absolute Gasteiger partial charge is 0.479 e. The van der Waals surface area contributed by atoms with Crippen LogP contribution in [0.15, 0.2) is 0 Å². The average molecular weight is 147 g/mol. The van der Waals surface area contributed by atoms with Crippen LogP contribution in [0.4, 0.5) is 0 Å². The molecule has 0 aromatic carbocycles. The van der Waals surface area contributed by atoms with Gasteiger partial charge in [0.1, 0.15) is 0 Å². The molecule has 1 atom stereocenters. The highest BCUT2D eigenvalue weighted by atomic mass is 32.2. The fourth-order valence-electron chi connectivity index (χ4n) is 0.724. The van der Waals surface area contributed by atoms with Crippen LogP contribution < -0.4 is 5.32 Å². The first-order valence-electron chi connectivity index (χ1n) is 2.88. The van der Waals surface area contributed by atoms with Crippen molar-refractivity contribution in [3.05, 3.63) is 0 Å². The second kappa shape index (κ2) is 3.08. The summed E-state index contributed by atoms with van der Waals surface area (Å²) >= 11 is 1.46. The van der Waals surface area contributed by atoms with Gasteiger partial charge in [0, 0.05) is 0 Å². The molecule has 0 amide bonds. The second-order valence-electron chi connectivity index (χ2n) is 1.90. The van der Waals surface area contributed by atoms with Crippen LogP contribution in [0.5, 0.6) is 0 Å². The summed E-state index contributed by atoms with van der Waals surface area (Å²) in [6.45, 7) is 0.837. The standard InChI is InChI=1S/C5H9NO2S/c7-5(8)4-6-2-1-3-9-4/h4,6H,1-3H2,(H,7,8)/t4-/m0/s1. The molecular formula is C5H9NO2S. The molecule has 1 heterocycles. The van der Waals surface area contributed by atoms with Crippen LogP contribution in [0.3, 0.4) is 0 Å². The van der Waals surface area contributed by atoms with Crippen LogP contribution in [-0.2, 0) is 4.79 Å². The minimum atomic E-state index is -0.750. The molecule has 3 nitrogen and oxygen atoms in total. The Morgan fingerprint density at radius 2 is 2.56 bits per heavy atom. The minimum Gasteiger partial charge on any atom is -0.479 e. The van der Waals surface area contributed by atoms with Gasteiger partial charge in [0.2, 0.25) is 0 Å². The number of nitrogens with one attached hydrogen (secondary N) is 1. The Morgan fingerprint density at radius 1 is 1.78 bits per heavy atom. The maximum absolute atomic E-state index is 10.3. The molecule has 1 aliphatic rings. The Morgan fingerprint density at radius 3 is 2.89 bits per heavy atom. The molecule has 1 fully saturated rings. The quantitative estimate of drug-likeness (QED) is 0.553. The number of hydrogen-bond donors (Lipinski definition) is 2. The fourth-order valence-corrected chi connectivity index (χ4v) is 1.65. The van der Waals surface area contributed by atoms with Gasteiger partial charge in [-0.15, -0.1) is 11.8 Å². The molecule has 0 unspecified atom stereocenters. The lowest BCUT2D eigenvalue weighted by molar-refractivity contribution is -0.137. The zero-order valence-electron chi connectivity index (χ0n) is 4.96. The lowest BCUT2D eigenvalue weighted by Gasteiger charge is -2.18. The van der Waals surface area contributed by atoms with Crippen LogP contribution in [0.1, 0.15) is 6.42 Å². The highest BCUT2D eigenvalue weighted by Gasteiger charge is 2.19. The van der Waals surface area contributed by atoms with Gasteiger partial charge in [-0.3, -0.25) is 5.32 Å². The Hall–Kier alpha value is -0.220. The van der Waals surface area contributed by atoms with E-state index in [2.05, 4.69) is 5.32 Å². The van der Waals surface area contributed by atoms with Crippen molar-refractivity contribution in [3.8, 4) is 0 Å². The fraction of sp³-hybridized carbons (Fsp3) is 0.800. The maximum Gasteiger partial charge on any atom is 0.331 e. The van der Waals surface area contributed by atoms with Gasteiger partial charge in [-0.25, -0.2) is 4.79 Å². The number of aliphatic carboxylic acids is 1. The van der Waals surface area contributed by atoms with Crippen molar-refractivity contribution in [2.24, 2.45) is 0 Å². The number of carboxylic acids is 1.